The fourth-order valence-electron chi connectivity index (χ4n) is 1.62. The summed E-state index contributed by atoms with van der Waals surface area (Å²) in [6.45, 7) is 0.000667. The molecule has 0 saturated heterocycles. The Morgan fingerprint density at radius 2 is 1.86 bits per heavy atom. The first-order valence-electron chi connectivity index (χ1n) is 5.98. The zero-order valence-electron chi connectivity index (χ0n) is 10.8. The number of hydrogen-bond donors (Lipinski definition) is 1. The number of ether oxygens (including phenoxy) is 1. The van der Waals surface area contributed by atoms with E-state index in [1.54, 1.807) is 24.5 Å². The third-order valence-corrected chi connectivity index (χ3v) is 2.57. The molecule has 2 rings (SSSR count). The molecule has 6 heteroatoms. The van der Waals surface area contributed by atoms with Crippen molar-refractivity contribution in [3.8, 4) is 5.75 Å². The van der Waals surface area contributed by atoms with Gasteiger partial charge in [-0.05, 0) is 41.5 Å². The van der Waals surface area contributed by atoms with Crippen LogP contribution in [0.25, 0.3) is 6.08 Å². The van der Waals surface area contributed by atoms with Crippen molar-refractivity contribution in [3.63, 3.8) is 0 Å². The van der Waals surface area contributed by atoms with Crippen LogP contribution in [0.2, 0.25) is 0 Å². The molecule has 108 valence electrons. The molecule has 0 aliphatic rings. The van der Waals surface area contributed by atoms with Gasteiger partial charge >= 0.3 is 5.97 Å². The van der Waals surface area contributed by atoms with Crippen LogP contribution in [0.1, 0.15) is 11.1 Å². The zero-order valence-corrected chi connectivity index (χ0v) is 10.8. The van der Waals surface area contributed by atoms with E-state index in [9.17, 15) is 13.6 Å². The molecular formula is C15H11F2NO3. The van der Waals surface area contributed by atoms with Crippen LogP contribution >= 0.6 is 0 Å². The number of pyridine rings is 1. The van der Waals surface area contributed by atoms with Crippen molar-refractivity contribution in [2.45, 2.75) is 6.61 Å². The van der Waals surface area contributed by atoms with Crippen molar-refractivity contribution >= 4 is 12.0 Å². The number of benzene rings is 1. The highest BCUT2D eigenvalue weighted by Crippen LogP contribution is 2.24. The summed E-state index contributed by atoms with van der Waals surface area (Å²) in [4.78, 5) is 14.2. The lowest BCUT2D eigenvalue weighted by molar-refractivity contribution is -0.131. The van der Waals surface area contributed by atoms with Gasteiger partial charge in [0.2, 0.25) is 0 Å². The average molecular weight is 291 g/mol. The number of rotatable bonds is 5. The van der Waals surface area contributed by atoms with Crippen LogP contribution in [0.15, 0.2) is 42.7 Å². The van der Waals surface area contributed by atoms with Crippen LogP contribution in [0, 0.1) is 11.6 Å². The number of aromatic nitrogens is 1. The molecule has 0 fully saturated rings. The zero-order chi connectivity index (χ0) is 15.2. The van der Waals surface area contributed by atoms with Gasteiger partial charge in [0.15, 0.2) is 17.4 Å². The van der Waals surface area contributed by atoms with E-state index in [-0.39, 0.29) is 12.2 Å². The van der Waals surface area contributed by atoms with Gasteiger partial charge in [-0.15, -0.1) is 0 Å². The summed E-state index contributed by atoms with van der Waals surface area (Å²) in [7, 11) is 0. The van der Waals surface area contributed by atoms with E-state index in [4.69, 9.17) is 9.84 Å². The lowest BCUT2D eigenvalue weighted by Gasteiger charge is -2.09. The second-order valence-electron chi connectivity index (χ2n) is 4.13. The van der Waals surface area contributed by atoms with Crippen molar-refractivity contribution in [1.29, 1.82) is 0 Å². The van der Waals surface area contributed by atoms with Gasteiger partial charge in [-0.2, -0.15) is 0 Å². The molecule has 0 saturated carbocycles. The number of aliphatic carboxylic acids is 1. The summed E-state index contributed by atoms with van der Waals surface area (Å²) in [5.74, 6) is -3.49. The van der Waals surface area contributed by atoms with Gasteiger partial charge in [-0.25, -0.2) is 13.6 Å². The minimum atomic E-state index is -1.20. The van der Waals surface area contributed by atoms with E-state index in [1.807, 2.05) is 0 Å². The smallest absolute Gasteiger partial charge is 0.328 e. The molecule has 0 radical (unpaired) electrons. The SMILES string of the molecule is O=C(O)C=Cc1cc(F)c(OCc2ccncc2)c(F)c1. The number of halogens is 2. The van der Waals surface area contributed by atoms with Crippen LogP contribution in [-0.2, 0) is 11.4 Å². The van der Waals surface area contributed by atoms with Crippen molar-refractivity contribution in [2.75, 3.05) is 0 Å². The molecule has 0 amide bonds. The number of carboxylic acid groups (broad SMARTS) is 1. The van der Waals surface area contributed by atoms with Gasteiger partial charge in [0, 0.05) is 18.5 Å². The minimum absolute atomic E-state index is 0.000667. The fourth-order valence-corrected chi connectivity index (χ4v) is 1.62. The lowest BCUT2D eigenvalue weighted by atomic mass is 10.2. The molecule has 2 aromatic rings. The maximum Gasteiger partial charge on any atom is 0.328 e. The lowest BCUT2D eigenvalue weighted by Crippen LogP contribution is -2.00. The monoisotopic (exact) mass is 291 g/mol. The Balaban J connectivity index is 2.15. The van der Waals surface area contributed by atoms with Crippen LogP contribution in [0.4, 0.5) is 8.78 Å². The maximum absolute atomic E-state index is 13.8. The van der Waals surface area contributed by atoms with E-state index in [1.165, 1.54) is 0 Å². The number of hydrogen-bond acceptors (Lipinski definition) is 3. The first-order valence-corrected chi connectivity index (χ1v) is 5.98. The van der Waals surface area contributed by atoms with Gasteiger partial charge in [0.25, 0.3) is 0 Å². The second kappa shape index (κ2) is 6.60. The summed E-state index contributed by atoms with van der Waals surface area (Å²) in [6, 6.07) is 5.34. The van der Waals surface area contributed by atoms with Crippen molar-refractivity contribution < 1.29 is 23.4 Å². The highest BCUT2D eigenvalue weighted by atomic mass is 19.1. The van der Waals surface area contributed by atoms with Crippen molar-refractivity contribution in [1.82, 2.24) is 4.98 Å². The molecule has 0 bridgehead atoms. The van der Waals surface area contributed by atoms with Crippen LogP contribution in [0.3, 0.4) is 0 Å². The molecule has 1 N–H and O–H groups in total. The van der Waals surface area contributed by atoms with Gasteiger partial charge in [0.05, 0.1) is 0 Å². The van der Waals surface area contributed by atoms with E-state index in [2.05, 4.69) is 4.98 Å². The van der Waals surface area contributed by atoms with Crippen LogP contribution < -0.4 is 4.74 Å². The Hall–Kier alpha value is -2.76. The highest BCUT2D eigenvalue weighted by molar-refractivity contribution is 5.85. The number of nitrogens with zero attached hydrogens (tertiary/aromatic N) is 1. The summed E-state index contributed by atoms with van der Waals surface area (Å²) in [5.41, 5.74) is 0.822. The molecule has 0 spiro atoms. The molecule has 1 aromatic carbocycles. The fraction of sp³-hybridized carbons (Fsp3) is 0.0667. The van der Waals surface area contributed by atoms with E-state index >= 15 is 0 Å². The Bertz CT molecular complexity index is 649. The molecule has 0 aliphatic carbocycles. The third-order valence-electron chi connectivity index (χ3n) is 2.57. The minimum Gasteiger partial charge on any atom is -0.483 e. The maximum atomic E-state index is 13.8. The summed E-state index contributed by atoms with van der Waals surface area (Å²) < 4.78 is 32.7. The topological polar surface area (TPSA) is 59.4 Å². The Labute approximate surface area is 119 Å². The number of carboxylic acids is 1. The number of carbonyl (C=O) groups is 1. The summed E-state index contributed by atoms with van der Waals surface area (Å²) in [6.07, 6.45) is 4.99. The van der Waals surface area contributed by atoms with Gasteiger partial charge in [-0.3, -0.25) is 4.98 Å². The third kappa shape index (κ3) is 4.10. The molecule has 1 aromatic heterocycles. The Morgan fingerprint density at radius 1 is 1.24 bits per heavy atom. The molecule has 0 unspecified atom stereocenters. The average Bonchev–Trinajstić information content (AvgIpc) is 2.45. The quantitative estimate of drug-likeness (QED) is 0.860. The molecule has 1 heterocycles. The van der Waals surface area contributed by atoms with Gasteiger partial charge < -0.3 is 9.84 Å². The van der Waals surface area contributed by atoms with Crippen LogP contribution in [-0.4, -0.2) is 16.1 Å². The predicted molar refractivity (Wildman–Crippen MR) is 71.6 cm³/mol. The Kier molecular flexibility index (Phi) is 4.61. The summed E-state index contributed by atoms with van der Waals surface area (Å²) in [5, 5.41) is 8.47. The van der Waals surface area contributed by atoms with Gasteiger partial charge in [0.1, 0.15) is 6.61 Å². The standard InChI is InChI=1S/C15H11F2NO3/c16-12-7-11(1-2-14(19)20)8-13(17)15(12)21-9-10-3-5-18-6-4-10/h1-8H,9H2,(H,19,20). The molecule has 0 aliphatic heterocycles. The van der Waals surface area contributed by atoms with Crippen molar-refractivity contribution in [2.24, 2.45) is 0 Å². The molecule has 0 atom stereocenters. The predicted octanol–water partition coefficient (Wildman–Crippen LogP) is 3.04. The largest absolute Gasteiger partial charge is 0.483 e. The molecular weight excluding hydrogens is 280 g/mol. The Morgan fingerprint density at radius 3 is 2.43 bits per heavy atom. The molecule has 4 nitrogen and oxygen atoms in total. The summed E-state index contributed by atoms with van der Waals surface area (Å²) >= 11 is 0. The van der Waals surface area contributed by atoms with Crippen LogP contribution in [0.5, 0.6) is 5.75 Å². The van der Waals surface area contributed by atoms with E-state index in [0.29, 0.717) is 0 Å². The van der Waals surface area contributed by atoms with E-state index in [0.717, 1.165) is 29.8 Å². The van der Waals surface area contributed by atoms with Crippen molar-refractivity contribution in [3.05, 3.63) is 65.5 Å². The second-order valence-corrected chi connectivity index (χ2v) is 4.13. The first kappa shape index (κ1) is 14.6. The molecule has 21 heavy (non-hydrogen) atoms. The van der Waals surface area contributed by atoms with E-state index < -0.39 is 23.4 Å². The normalized spacial score (nSPS) is 10.8. The highest BCUT2D eigenvalue weighted by Gasteiger charge is 2.12. The first-order chi connectivity index (χ1) is 10.1. The van der Waals surface area contributed by atoms with Gasteiger partial charge in [-0.1, -0.05) is 0 Å².